The Morgan fingerprint density at radius 3 is 2.50 bits per heavy atom. The fraction of sp³-hybridized carbons (Fsp3) is 0.182. The number of aryl methyl sites for hydroxylation is 1. The monoisotopic (exact) mass is 230 g/mol. The number of rotatable bonds is 2. The fourth-order valence-corrected chi connectivity index (χ4v) is 1.30. The van der Waals surface area contributed by atoms with E-state index in [-0.39, 0.29) is 5.56 Å². The van der Waals surface area contributed by atoms with Crippen LogP contribution in [0.5, 0.6) is 0 Å². The van der Waals surface area contributed by atoms with Crippen molar-refractivity contribution >= 4 is 12.0 Å². The Morgan fingerprint density at radius 2 is 2.00 bits per heavy atom. The van der Waals surface area contributed by atoms with Gasteiger partial charge in [0, 0.05) is 6.08 Å². The number of benzene rings is 1. The molecule has 0 radical (unpaired) electrons. The number of carboxylic acids is 1. The number of carbonyl (C=O) groups is 1. The summed E-state index contributed by atoms with van der Waals surface area (Å²) in [6.45, 7) is 1.50. The molecule has 0 atom stereocenters. The van der Waals surface area contributed by atoms with E-state index in [4.69, 9.17) is 5.11 Å². The minimum atomic E-state index is -4.48. The van der Waals surface area contributed by atoms with Gasteiger partial charge in [-0.1, -0.05) is 12.1 Å². The second-order valence-corrected chi connectivity index (χ2v) is 3.21. The van der Waals surface area contributed by atoms with Crippen molar-refractivity contribution in [2.75, 3.05) is 0 Å². The minimum Gasteiger partial charge on any atom is -0.478 e. The highest BCUT2D eigenvalue weighted by molar-refractivity contribution is 5.86. The predicted octanol–water partition coefficient (Wildman–Crippen LogP) is 3.11. The third-order valence-corrected chi connectivity index (χ3v) is 2.02. The molecule has 0 unspecified atom stereocenters. The molecule has 0 amide bonds. The standard InChI is InChI=1S/C11H9F3O2/c1-7-3-2-4-9(11(12,13)14)8(7)5-6-10(15)16/h2-6H,1H3,(H,15,16)/b6-5+. The second kappa shape index (κ2) is 4.38. The lowest BCUT2D eigenvalue weighted by atomic mass is 10.0. The van der Waals surface area contributed by atoms with Gasteiger partial charge in [0.25, 0.3) is 0 Å². The van der Waals surface area contributed by atoms with E-state index in [1.807, 2.05) is 0 Å². The molecule has 0 heterocycles. The van der Waals surface area contributed by atoms with E-state index in [9.17, 15) is 18.0 Å². The zero-order valence-electron chi connectivity index (χ0n) is 8.38. The molecule has 16 heavy (non-hydrogen) atoms. The Morgan fingerprint density at radius 1 is 1.38 bits per heavy atom. The summed E-state index contributed by atoms with van der Waals surface area (Å²) in [5.74, 6) is -1.28. The van der Waals surface area contributed by atoms with Crippen molar-refractivity contribution in [3.05, 3.63) is 41.0 Å². The first-order valence-corrected chi connectivity index (χ1v) is 4.40. The molecule has 0 saturated heterocycles. The van der Waals surface area contributed by atoms with E-state index in [0.717, 1.165) is 12.1 Å². The molecule has 1 N–H and O–H groups in total. The number of carboxylic acid groups (broad SMARTS) is 1. The lowest BCUT2D eigenvalue weighted by Crippen LogP contribution is -2.08. The maximum Gasteiger partial charge on any atom is 0.416 e. The molecule has 1 aromatic carbocycles. The fourth-order valence-electron chi connectivity index (χ4n) is 1.30. The van der Waals surface area contributed by atoms with Crippen molar-refractivity contribution in [1.29, 1.82) is 0 Å². The first-order valence-electron chi connectivity index (χ1n) is 4.40. The molecular weight excluding hydrogens is 221 g/mol. The van der Waals surface area contributed by atoms with E-state index >= 15 is 0 Å². The van der Waals surface area contributed by atoms with Crippen molar-refractivity contribution in [3.8, 4) is 0 Å². The van der Waals surface area contributed by atoms with Crippen LogP contribution in [0, 0.1) is 6.92 Å². The quantitative estimate of drug-likeness (QED) is 0.792. The Hall–Kier alpha value is -1.78. The van der Waals surface area contributed by atoms with Crippen molar-refractivity contribution in [2.45, 2.75) is 13.1 Å². The van der Waals surface area contributed by atoms with Gasteiger partial charge in [0.1, 0.15) is 0 Å². The minimum absolute atomic E-state index is 0.114. The highest BCUT2D eigenvalue weighted by atomic mass is 19.4. The van der Waals surface area contributed by atoms with Gasteiger partial charge in [-0.2, -0.15) is 13.2 Å². The molecule has 0 aliphatic heterocycles. The van der Waals surface area contributed by atoms with Crippen LogP contribution in [0.3, 0.4) is 0 Å². The predicted molar refractivity (Wildman–Crippen MR) is 52.9 cm³/mol. The average Bonchev–Trinajstić information content (AvgIpc) is 2.13. The molecule has 5 heteroatoms. The van der Waals surface area contributed by atoms with Crippen LogP contribution in [0.2, 0.25) is 0 Å². The summed E-state index contributed by atoms with van der Waals surface area (Å²) in [5, 5.41) is 8.39. The smallest absolute Gasteiger partial charge is 0.416 e. The normalized spacial score (nSPS) is 12.0. The molecule has 86 valence electrons. The van der Waals surface area contributed by atoms with Crippen LogP contribution in [0.1, 0.15) is 16.7 Å². The van der Waals surface area contributed by atoms with Crippen LogP contribution in [-0.2, 0) is 11.0 Å². The molecule has 0 aromatic heterocycles. The third kappa shape index (κ3) is 2.85. The van der Waals surface area contributed by atoms with Crippen LogP contribution in [-0.4, -0.2) is 11.1 Å². The van der Waals surface area contributed by atoms with E-state index in [1.165, 1.54) is 19.1 Å². The van der Waals surface area contributed by atoms with Gasteiger partial charge in [-0.25, -0.2) is 4.79 Å². The van der Waals surface area contributed by atoms with Crippen LogP contribution in [0.25, 0.3) is 6.08 Å². The number of hydrogen-bond donors (Lipinski definition) is 1. The van der Waals surface area contributed by atoms with E-state index < -0.39 is 17.7 Å². The van der Waals surface area contributed by atoms with Crippen molar-refractivity contribution in [1.82, 2.24) is 0 Å². The Kier molecular flexibility index (Phi) is 3.37. The van der Waals surface area contributed by atoms with E-state index in [2.05, 4.69) is 0 Å². The van der Waals surface area contributed by atoms with E-state index in [0.29, 0.717) is 11.6 Å². The van der Waals surface area contributed by atoms with Crippen molar-refractivity contribution in [3.63, 3.8) is 0 Å². The Bertz CT molecular complexity index is 433. The molecule has 0 aliphatic carbocycles. The molecule has 0 spiro atoms. The van der Waals surface area contributed by atoms with Gasteiger partial charge in [0.2, 0.25) is 0 Å². The molecule has 0 aliphatic rings. The van der Waals surface area contributed by atoms with Gasteiger partial charge in [-0.15, -0.1) is 0 Å². The number of aliphatic carboxylic acids is 1. The third-order valence-electron chi connectivity index (χ3n) is 2.02. The van der Waals surface area contributed by atoms with Gasteiger partial charge in [0.05, 0.1) is 5.56 Å². The largest absolute Gasteiger partial charge is 0.478 e. The van der Waals surface area contributed by atoms with Gasteiger partial charge in [-0.3, -0.25) is 0 Å². The molecular formula is C11H9F3O2. The lowest BCUT2D eigenvalue weighted by Gasteiger charge is -2.12. The maximum atomic E-state index is 12.6. The summed E-state index contributed by atoms with van der Waals surface area (Å²) in [4.78, 5) is 10.3. The summed E-state index contributed by atoms with van der Waals surface area (Å²) >= 11 is 0. The van der Waals surface area contributed by atoms with Gasteiger partial charge >= 0.3 is 12.1 Å². The summed E-state index contributed by atoms with van der Waals surface area (Å²) in [6, 6.07) is 3.71. The first kappa shape index (κ1) is 12.3. The maximum absolute atomic E-state index is 12.6. The van der Waals surface area contributed by atoms with E-state index in [1.54, 1.807) is 0 Å². The highest BCUT2D eigenvalue weighted by Gasteiger charge is 2.32. The summed E-state index contributed by atoms with van der Waals surface area (Å²) in [6.07, 6.45) is -2.83. The van der Waals surface area contributed by atoms with Gasteiger partial charge in [-0.05, 0) is 30.2 Å². The molecule has 0 saturated carbocycles. The Labute approximate surface area is 90.0 Å². The topological polar surface area (TPSA) is 37.3 Å². The summed E-state index contributed by atoms with van der Waals surface area (Å²) in [7, 11) is 0. The van der Waals surface area contributed by atoms with Crippen LogP contribution >= 0.6 is 0 Å². The molecule has 1 rings (SSSR count). The number of alkyl halides is 3. The zero-order valence-corrected chi connectivity index (χ0v) is 8.38. The van der Waals surface area contributed by atoms with Crippen LogP contribution in [0.4, 0.5) is 13.2 Å². The number of halogens is 3. The highest BCUT2D eigenvalue weighted by Crippen LogP contribution is 2.33. The average molecular weight is 230 g/mol. The van der Waals surface area contributed by atoms with Crippen molar-refractivity contribution in [2.24, 2.45) is 0 Å². The second-order valence-electron chi connectivity index (χ2n) is 3.21. The number of hydrogen-bond acceptors (Lipinski definition) is 1. The van der Waals surface area contributed by atoms with Gasteiger partial charge in [0.15, 0.2) is 0 Å². The Balaban J connectivity index is 3.30. The lowest BCUT2D eigenvalue weighted by molar-refractivity contribution is -0.138. The molecule has 0 bridgehead atoms. The van der Waals surface area contributed by atoms with Crippen LogP contribution < -0.4 is 0 Å². The van der Waals surface area contributed by atoms with Crippen molar-refractivity contribution < 1.29 is 23.1 Å². The SMILES string of the molecule is Cc1cccc(C(F)(F)F)c1/C=C/C(=O)O. The zero-order chi connectivity index (χ0) is 12.3. The summed E-state index contributed by atoms with van der Waals surface area (Å²) in [5.41, 5.74) is -0.560. The first-order chi connectivity index (χ1) is 7.32. The molecule has 1 aromatic rings. The summed E-state index contributed by atoms with van der Waals surface area (Å²) < 4.78 is 37.7. The van der Waals surface area contributed by atoms with Crippen LogP contribution in [0.15, 0.2) is 24.3 Å². The van der Waals surface area contributed by atoms with Gasteiger partial charge < -0.3 is 5.11 Å². The molecule has 2 nitrogen and oxygen atoms in total. The molecule has 0 fully saturated rings.